The fourth-order valence-corrected chi connectivity index (χ4v) is 7.46. The van der Waals surface area contributed by atoms with Crippen LogP contribution in [0.1, 0.15) is 63.8 Å². The minimum atomic E-state index is -0.0729. The lowest BCUT2D eigenvalue weighted by Crippen LogP contribution is -2.18. The number of pyridine rings is 1. The Kier molecular flexibility index (Phi) is 7.43. The predicted molar refractivity (Wildman–Crippen MR) is 204 cm³/mol. The van der Waals surface area contributed by atoms with Gasteiger partial charge >= 0.3 is 0 Å². The highest BCUT2D eigenvalue weighted by atomic mass is 15.1. The zero-order valence-corrected chi connectivity index (χ0v) is 28.9. The largest absolute Gasteiger partial charge is 0.310 e. The van der Waals surface area contributed by atoms with E-state index >= 15 is 0 Å². The lowest BCUT2D eigenvalue weighted by molar-refractivity contribution is 0.593. The van der Waals surface area contributed by atoms with E-state index in [9.17, 15) is 0 Å². The van der Waals surface area contributed by atoms with Crippen molar-refractivity contribution in [2.24, 2.45) is 0 Å². The van der Waals surface area contributed by atoms with Crippen molar-refractivity contribution in [3.8, 4) is 11.1 Å². The van der Waals surface area contributed by atoms with Crippen molar-refractivity contribution in [2.45, 2.75) is 66.2 Å². The summed E-state index contributed by atoms with van der Waals surface area (Å²) in [7, 11) is 0. The molecule has 7 rings (SSSR count). The number of hydrogen-bond acceptors (Lipinski definition) is 2. The molecule has 0 fully saturated rings. The molecule has 0 unspecified atom stereocenters. The van der Waals surface area contributed by atoms with Crippen molar-refractivity contribution in [2.75, 3.05) is 4.90 Å². The average Bonchev–Trinajstić information content (AvgIpc) is 3.04. The number of fused-ring (bicyclic) bond motifs is 4. The Morgan fingerprint density at radius 2 is 1.09 bits per heavy atom. The Morgan fingerprint density at radius 3 is 1.68 bits per heavy atom. The second kappa shape index (κ2) is 11.4. The van der Waals surface area contributed by atoms with Gasteiger partial charge in [0.1, 0.15) is 0 Å². The smallest absolute Gasteiger partial charge is 0.0783 e. The topological polar surface area (TPSA) is 16.1 Å². The standard InChI is InChI=1S/C45H44N2/c1-29-14-9-11-17-38(29)47(39-18-12-10-15-30(39)2)34-23-19-31(20-24-34)33-22-25-35-37(28-33)41(44(3,4)5)36-26-21-32-16-13-27-46-43(32)40(36)42(35)45(6,7)8/h9-28H,1-8H3. The number of para-hydroxylation sites is 2. The van der Waals surface area contributed by atoms with E-state index in [2.05, 4.69) is 169 Å². The fourth-order valence-electron chi connectivity index (χ4n) is 7.46. The molecule has 1 aromatic heterocycles. The molecular formula is C45H44N2. The van der Waals surface area contributed by atoms with Crippen molar-refractivity contribution in [3.63, 3.8) is 0 Å². The fraction of sp³-hybridized carbons (Fsp3) is 0.222. The molecular weight excluding hydrogens is 569 g/mol. The van der Waals surface area contributed by atoms with Gasteiger partial charge in [-0.2, -0.15) is 0 Å². The molecule has 0 atom stereocenters. The summed E-state index contributed by atoms with van der Waals surface area (Å²) >= 11 is 0. The molecule has 0 bridgehead atoms. The maximum atomic E-state index is 4.95. The molecule has 0 saturated carbocycles. The van der Waals surface area contributed by atoms with Crippen LogP contribution in [0.4, 0.5) is 17.1 Å². The number of benzene rings is 6. The van der Waals surface area contributed by atoms with Crippen LogP contribution in [-0.4, -0.2) is 4.98 Å². The molecule has 47 heavy (non-hydrogen) atoms. The highest BCUT2D eigenvalue weighted by molar-refractivity contribution is 6.17. The summed E-state index contributed by atoms with van der Waals surface area (Å²) in [4.78, 5) is 7.33. The summed E-state index contributed by atoms with van der Waals surface area (Å²) in [6.45, 7) is 18.4. The quantitative estimate of drug-likeness (QED) is 0.145. The molecule has 7 aromatic rings. The number of aryl methyl sites for hydroxylation is 2. The Labute approximate surface area is 279 Å². The van der Waals surface area contributed by atoms with Crippen LogP contribution < -0.4 is 4.90 Å². The third-order valence-electron chi connectivity index (χ3n) is 9.52. The van der Waals surface area contributed by atoms with Gasteiger partial charge in [0.05, 0.1) is 5.52 Å². The van der Waals surface area contributed by atoms with Crippen LogP contribution in [0.2, 0.25) is 0 Å². The Bertz CT molecular complexity index is 2230. The van der Waals surface area contributed by atoms with E-state index in [1.165, 1.54) is 71.7 Å². The van der Waals surface area contributed by atoms with E-state index in [-0.39, 0.29) is 10.8 Å². The van der Waals surface area contributed by atoms with Crippen LogP contribution in [0.5, 0.6) is 0 Å². The molecule has 0 aliphatic rings. The molecule has 0 aliphatic carbocycles. The van der Waals surface area contributed by atoms with Gasteiger partial charge in [0.15, 0.2) is 0 Å². The van der Waals surface area contributed by atoms with E-state index in [0.29, 0.717) is 0 Å². The minimum Gasteiger partial charge on any atom is -0.310 e. The van der Waals surface area contributed by atoms with Gasteiger partial charge in [0.2, 0.25) is 0 Å². The minimum absolute atomic E-state index is 0.0700. The van der Waals surface area contributed by atoms with Gasteiger partial charge in [-0.1, -0.05) is 120 Å². The van der Waals surface area contributed by atoms with Gasteiger partial charge < -0.3 is 4.90 Å². The summed E-state index contributed by atoms with van der Waals surface area (Å²) in [6.07, 6.45) is 1.93. The lowest BCUT2D eigenvalue weighted by atomic mass is 9.73. The molecule has 1 heterocycles. The number of rotatable bonds is 4. The molecule has 0 saturated heterocycles. The predicted octanol–water partition coefficient (Wildman–Crippen LogP) is 12.9. The van der Waals surface area contributed by atoms with Crippen molar-refractivity contribution in [1.82, 2.24) is 4.98 Å². The summed E-state index contributed by atoms with van der Waals surface area (Å²) in [5.41, 5.74) is 12.2. The second-order valence-electron chi connectivity index (χ2n) is 15.0. The number of hydrogen-bond donors (Lipinski definition) is 0. The van der Waals surface area contributed by atoms with Crippen molar-refractivity contribution < 1.29 is 0 Å². The van der Waals surface area contributed by atoms with Crippen LogP contribution in [0.3, 0.4) is 0 Å². The van der Waals surface area contributed by atoms with Gasteiger partial charge in [-0.05, 0) is 111 Å². The van der Waals surface area contributed by atoms with E-state index in [1.54, 1.807) is 0 Å². The molecule has 0 aliphatic heterocycles. The summed E-state index contributed by atoms with van der Waals surface area (Å²) in [5, 5.41) is 6.43. The normalized spacial score (nSPS) is 12.3. The third-order valence-corrected chi connectivity index (χ3v) is 9.52. The van der Waals surface area contributed by atoms with Gasteiger partial charge in [-0.3, -0.25) is 4.98 Å². The Morgan fingerprint density at radius 1 is 0.511 bits per heavy atom. The molecule has 0 spiro atoms. The van der Waals surface area contributed by atoms with E-state index in [0.717, 1.165) is 11.2 Å². The zero-order chi connectivity index (χ0) is 33.1. The Balaban J connectivity index is 1.44. The van der Waals surface area contributed by atoms with Gasteiger partial charge in [-0.15, -0.1) is 0 Å². The number of nitrogens with zero attached hydrogens (tertiary/aromatic N) is 2. The van der Waals surface area contributed by atoms with Crippen molar-refractivity contribution >= 4 is 49.5 Å². The Hall–Kier alpha value is -4.95. The van der Waals surface area contributed by atoms with Crippen LogP contribution >= 0.6 is 0 Å². The van der Waals surface area contributed by atoms with Crippen LogP contribution in [0, 0.1) is 13.8 Å². The van der Waals surface area contributed by atoms with E-state index in [1.807, 2.05) is 12.3 Å². The van der Waals surface area contributed by atoms with Gasteiger partial charge in [-0.25, -0.2) is 0 Å². The van der Waals surface area contributed by atoms with Crippen LogP contribution in [-0.2, 0) is 10.8 Å². The van der Waals surface area contributed by atoms with E-state index in [4.69, 9.17) is 4.98 Å². The molecule has 0 amide bonds. The molecule has 6 aromatic carbocycles. The first kappa shape index (κ1) is 30.7. The third kappa shape index (κ3) is 5.36. The van der Waals surface area contributed by atoms with Crippen LogP contribution in [0.25, 0.3) is 43.6 Å². The molecule has 2 nitrogen and oxygen atoms in total. The molecule has 234 valence electrons. The lowest BCUT2D eigenvalue weighted by Gasteiger charge is -2.31. The zero-order valence-electron chi connectivity index (χ0n) is 28.9. The summed E-state index contributed by atoms with van der Waals surface area (Å²) in [5.74, 6) is 0. The number of anilines is 3. The average molecular weight is 613 g/mol. The molecule has 0 radical (unpaired) electrons. The summed E-state index contributed by atoms with van der Waals surface area (Å²) < 4.78 is 0. The maximum Gasteiger partial charge on any atom is 0.0783 e. The van der Waals surface area contributed by atoms with E-state index < -0.39 is 0 Å². The molecule has 0 N–H and O–H groups in total. The van der Waals surface area contributed by atoms with Gasteiger partial charge in [0.25, 0.3) is 0 Å². The first-order chi connectivity index (χ1) is 22.4. The maximum absolute atomic E-state index is 4.95. The van der Waals surface area contributed by atoms with Crippen molar-refractivity contribution in [3.05, 3.63) is 144 Å². The second-order valence-corrected chi connectivity index (χ2v) is 15.0. The monoisotopic (exact) mass is 612 g/mol. The van der Waals surface area contributed by atoms with Crippen LogP contribution in [0.15, 0.2) is 121 Å². The first-order valence-electron chi connectivity index (χ1n) is 16.7. The van der Waals surface area contributed by atoms with Gasteiger partial charge in [0, 0.05) is 34.0 Å². The SMILES string of the molecule is Cc1ccccc1N(c1ccc(-c2ccc3c(C(C)(C)C)c4c(ccc5cccnc54)c(C(C)(C)C)c3c2)cc1)c1ccccc1C. The first-order valence-corrected chi connectivity index (χ1v) is 16.7. The highest BCUT2D eigenvalue weighted by Crippen LogP contribution is 2.47. The summed E-state index contributed by atoms with van der Waals surface area (Å²) in [6, 6.07) is 42.2. The number of aromatic nitrogens is 1. The highest BCUT2D eigenvalue weighted by Gasteiger charge is 2.29. The van der Waals surface area contributed by atoms with Crippen molar-refractivity contribution in [1.29, 1.82) is 0 Å². The molecule has 2 heteroatoms.